The first kappa shape index (κ1) is 9.94. The Kier molecular flexibility index (Phi) is 2.46. The van der Waals surface area contributed by atoms with E-state index in [9.17, 15) is 16.8 Å². The molecule has 0 aliphatic carbocycles. The van der Waals surface area contributed by atoms with Gasteiger partial charge in [0, 0.05) is 0 Å². The zero-order valence-corrected chi connectivity index (χ0v) is 8.07. The third-order valence-electron chi connectivity index (χ3n) is 1.79. The molecule has 0 aromatic rings. The van der Waals surface area contributed by atoms with Crippen molar-refractivity contribution in [2.45, 2.75) is 6.42 Å². The molecule has 0 saturated carbocycles. The van der Waals surface area contributed by atoms with Gasteiger partial charge in [0.05, 0.1) is 17.3 Å². The number of sulfonamides is 1. The van der Waals surface area contributed by atoms with Crippen molar-refractivity contribution >= 4 is 19.9 Å². The van der Waals surface area contributed by atoms with E-state index in [1.807, 2.05) is 0 Å². The predicted molar refractivity (Wildman–Crippen MR) is 44.7 cm³/mol. The van der Waals surface area contributed by atoms with Gasteiger partial charge in [0.1, 0.15) is 0 Å². The van der Waals surface area contributed by atoms with Gasteiger partial charge >= 0.3 is 0 Å². The molecule has 1 aliphatic rings. The first-order valence-electron chi connectivity index (χ1n) is 3.49. The molecule has 2 N–H and O–H groups in total. The lowest BCUT2D eigenvalue weighted by Gasteiger charge is -2.24. The van der Waals surface area contributed by atoms with E-state index in [0.717, 1.165) is 0 Å². The maximum atomic E-state index is 10.6. The highest BCUT2D eigenvalue weighted by atomic mass is 32.2. The number of hydrogen-bond acceptors (Lipinski definition) is 4. The summed E-state index contributed by atoms with van der Waals surface area (Å²) in [6.07, 6.45) is 0.359. The van der Waals surface area contributed by atoms with Crippen LogP contribution >= 0.6 is 0 Å². The molecule has 0 bridgehead atoms. The van der Waals surface area contributed by atoms with Crippen LogP contribution in [0, 0.1) is 5.92 Å². The van der Waals surface area contributed by atoms with E-state index in [4.69, 9.17) is 5.14 Å². The van der Waals surface area contributed by atoms with Crippen LogP contribution in [0.1, 0.15) is 6.42 Å². The molecule has 0 aromatic carbocycles. The fourth-order valence-corrected chi connectivity index (χ4v) is 3.50. The molecular weight excluding hydrogens is 202 g/mol. The van der Waals surface area contributed by atoms with Crippen LogP contribution in [0.4, 0.5) is 0 Å². The van der Waals surface area contributed by atoms with Crippen LogP contribution in [0.2, 0.25) is 0 Å². The van der Waals surface area contributed by atoms with Crippen molar-refractivity contribution in [2.75, 3.05) is 17.3 Å². The average molecular weight is 213 g/mol. The molecule has 0 unspecified atom stereocenters. The van der Waals surface area contributed by atoms with E-state index in [1.165, 1.54) is 0 Å². The minimum Gasteiger partial charge on any atom is -0.229 e. The molecule has 12 heavy (non-hydrogen) atoms. The Labute approximate surface area is 71.9 Å². The van der Waals surface area contributed by atoms with Gasteiger partial charge in [-0.1, -0.05) is 0 Å². The van der Waals surface area contributed by atoms with Crippen molar-refractivity contribution in [1.82, 2.24) is 0 Å². The van der Waals surface area contributed by atoms with Crippen molar-refractivity contribution < 1.29 is 16.8 Å². The van der Waals surface area contributed by atoms with E-state index >= 15 is 0 Å². The van der Waals surface area contributed by atoms with Crippen LogP contribution in [0.25, 0.3) is 0 Å². The van der Waals surface area contributed by atoms with E-state index < -0.39 is 19.9 Å². The van der Waals surface area contributed by atoms with Gasteiger partial charge in [-0.2, -0.15) is 0 Å². The highest BCUT2D eigenvalue weighted by Gasteiger charge is 2.33. The maximum Gasteiger partial charge on any atom is 0.209 e. The second kappa shape index (κ2) is 2.97. The molecule has 0 atom stereocenters. The molecule has 1 saturated heterocycles. The summed E-state index contributed by atoms with van der Waals surface area (Å²) in [5.74, 6) is 0.103. The van der Waals surface area contributed by atoms with Gasteiger partial charge < -0.3 is 0 Å². The highest BCUT2D eigenvalue weighted by Crippen LogP contribution is 2.21. The minimum atomic E-state index is -3.43. The summed E-state index contributed by atoms with van der Waals surface area (Å²) >= 11 is 0. The Morgan fingerprint density at radius 2 is 1.83 bits per heavy atom. The molecule has 0 radical (unpaired) electrons. The Hall–Kier alpha value is -0.140. The summed E-state index contributed by atoms with van der Waals surface area (Å²) in [6.45, 7) is 0. The van der Waals surface area contributed by atoms with Crippen molar-refractivity contribution in [2.24, 2.45) is 11.1 Å². The number of primary sulfonamides is 1. The number of rotatable bonds is 3. The lowest BCUT2D eigenvalue weighted by Crippen LogP contribution is -2.37. The number of nitrogens with two attached hydrogens (primary N) is 1. The highest BCUT2D eigenvalue weighted by molar-refractivity contribution is 7.92. The van der Waals surface area contributed by atoms with Crippen LogP contribution in [0.3, 0.4) is 0 Å². The van der Waals surface area contributed by atoms with Crippen molar-refractivity contribution in [3.8, 4) is 0 Å². The summed E-state index contributed by atoms with van der Waals surface area (Å²) in [7, 11) is -6.26. The summed E-state index contributed by atoms with van der Waals surface area (Å²) in [5, 5.41) is 4.75. The van der Waals surface area contributed by atoms with Crippen LogP contribution < -0.4 is 5.14 Å². The Morgan fingerprint density at radius 1 is 1.33 bits per heavy atom. The lowest BCUT2D eigenvalue weighted by atomic mass is 10.1. The molecule has 72 valence electrons. The Bertz CT molecular complexity index is 343. The topological polar surface area (TPSA) is 94.3 Å². The summed E-state index contributed by atoms with van der Waals surface area (Å²) in [6, 6.07) is 0. The van der Waals surface area contributed by atoms with Gasteiger partial charge in [0.15, 0.2) is 9.84 Å². The van der Waals surface area contributed by atoms with Gasteiger partial charge in [-0.15, -0.1) is 0 Å². The van der Waals surface area contributed by atoms with Crippen LogP contribution in [0.15, 0.2) is 0 Å². The molecule has 0 spiro atoms. The molecular formula is C5H11NO4S2. The molecule has 0 aromatic heterocycles. The smallest absolute Gasteiger partial charge is 0.209 e. The van der Waals surface area contributed by atoms with Gasteiger partial charge in [-0.3, -0.25) is 0 Å². The van der Waals surface area contributed by atoms with Crippen molar-refractivity contribution in [3.63, 3.8) is 0 Å². The fourth-order valence-electron chi connectivity index (χ4n) is 1.17. The molecule has 1 heterocycles. The summed E-state index contributed by atoms with van der Waals surface area (Å²) < 4.78 is 42.2. The molecule has 1 rings (SSSR count). The third kappa shape index (κ3) is 3.08. The molecule has 0 amide bonds. The van der Waals surface area contributed by atoms with Gasteiger partial charge in [-0.05, 0) is 12.3 Å². The third-order valence-corrected chi connectivity index (χ3v) is 4.55. The SMILES string of the molecule is NS(=O)(=O)CCC1CS(=O)(=O)C1. The fraction of sp³-hybridized carbons (Fsp3) is 1.00. The Morgan fingerprint density at radius 3 is 2.17 bits per heavy atom. The van der Waals surface area contributed by atoms with Gasteiger partial charge in [0.2, 0.25) is 10.0 Å². The zero-order chi connectivity index (χ0) is 9.41. The van der Waals surface area contributed by atoms with Crippen LogP contribution in [-0.2, 0) is 19.9 Å². The van der Waals surface area contributed by atoms with Crippen LogP contribution in [-0.4, -0.2) is 34.1 Å². The Balaban J connectivity index is 2.30. The maximum absolute atomic E-state index is 10.6. The van der Waals surface area contributed by atoms with E-state index in [-0.39, 0.29) is 23.2 Å². The monoisotopic (exact) mass is 213 g/mol. The first-order chi connectivity index (χ1) is 5.29. The molecule has 1 aliphatic heterocycles. The lowest BCUT2D eigenvalue weighted by molar-refractivity contribution is 0.508. The summed E-state index contributed by atoms with van der Waals surface area (Å²) in [5.41, 5.74) is 0. The number of sulfone groups is 1. The average Bonchev–Trinajstić information content (AvgIpc) is 1.76. The second-order valence-corrected chi connectivity index (χ2v) is 6.99. The first-order valence-corrected chi connectivity index (χ1v) is 7.03. The standard InChI is InChI=1S/C5H11NO4S2/c6-12(9,10)2-1-5-3-11(7,8)4-5/h5H,1-4H2,(H2,6,9,10). The quantitative estimate of drug-likeness (QED) is 0.631. The van der Waals surface area contributed by atoms with E-state index in [0.29, 0.717) is 6.42 Å². The normalized spacial score (nSPS) is 23.4. The molecule has 7 heteroatoms. The molecule has 5 nitrogen and oxygen atoms in total. The van der Waals surface area contributed by atoms with Gasteiger partial charge in [0.25, 0.3) is 0 Å². The largest absolute Gasteiger partial charge is 0.229 e. The van der Waals surface area contributed by atoms with E-state index in [1.54, 1.807) is 0 Å². The van der Waals surface area contributed by atoms with Crippen molar-refractivity contribution in [1.29, 1.82) is 0 Å². The summed E-state index contributed by atoms with van der Waals surface area (Å²) in [4.78, 5) is 0. The number of hydrogen-bond donors (Lipinski definition) is 1. The second-order valence-electron chi connectivity index (χ2n) is 3.10. The zero-order valence-electron chi connectivity index (χ0n) is 6.43. The molecule has 1 fully saturated rings. The van der Waals surface area contributed by atoms with E-state index in [2.05, 4.69) is 0 Å². The van der Waals surface area contributed by atoms with Gasteiger partial charge in [-0.25, -0.2) is 22.0 Å². The minimum absolute atomic E-state index is 0.00618. The van der Waals surface area contributed by atoms with Crippen LogP contribution in [0.5, 0.6) is 0 Å². The predicted octanol–water partition coefficient (Wildman–Crippen LogP) is -1.29. The van der Waals surface area contributed by atoms with Crippen molar-refractivity contribution in [3.05, 3.63) is 0 Å².